The van der Waals surface area contributed by atoms with Gasteiger partial charge >= 0.3 is 58.7 Å². The van der Waals surface area contributed by atoms with Crippen molar-refractivity contribution in [1.82, 2.24) is 0 Å². The molecule has 0 radical (unpaired) electrons. The van der Waals surface area contributed by atoms with Gasteiger partial charge in [0.2, 0.25) is 0 Å². The van der Waals surface area contributed by atoms with Crippen LogP contribution in [0.15, 0.2) is 0 Å². The summed E-state index contributed by atoms with van der Waals surface area (Å²) in [4.78, 5) is 0. The normalized spacial score (nSPS) is 22.2. The molecule has 0 aromatic rings. The Labute approximate surface area is 59.2 Å². The number of hydrogen-bond acceptors (Lipinski definition) is 2. The molecule has 0 unspecified atom stereocenters. The van der Waals surface area contributed by atoms with E-state index in [0.717, 1.165) is 19.6 Å². The van der Waals surface area contributed by atoms with Gasteiger partial charge in [-0.25, -0.2) is 0 Å². The maximum absolute atomic E-state index is 5.19. The summed E-state index contributed by atoms with van der Waals surface area (Å²) < 4.78 is 10.4. The first kappa shape index (κ1) is 6.66. The molecule has 1 aliphatic heterocycles. The fourth-order valence-corrected chi connectivity index (χ4v) is 1.44. The predicted octanol–water partition coefficient (Wildman–Crippen LogP) is 0.714. The zero-order valence-corrected chi connectivity index (χ0v) is 7.90. The summed E-state index contributed by atoms with van der Waals surface area (Å²) in [5, 5.41) is 1.27. The van der Waals surface area contributed by atoms with Crippen LogP contribution in [0, 0.1) is 0 Å². The minimum atomic E-state index is 0.142. The van der Waals surface area contributed by atoms with E-state index in [1.54, 1.807) is 0 Å². The van der Waals surface area contributed by atoms with Crippen LogP contribution in [0.1, 0.15) is 6.42 Å². The fraction of sp³-hybridized carbons (Fsp3) is 1.00. The molecule has 1 aliphatic rings. The van der Waals surface area contributed by atoms with Crippen LogP contribution < -0.4 is 0 Å². The summed E-state index contributed by atoms with van der Waals surface area (Å²) in [5.41, 5.74) is 0. The van der Waals surface area contributed by atoms with Crippen molar-refractivity contribution < 1.29 is 27.8 Å². The summed E-state index contributed by atoms with van der Waals surface area (Å²) in [6.07, 6.45) is 1.24. The first-order valence-electron chi connectivity index (χ1n) is 2.96. The molecule has 1 saturated heterocycles. The van der Waals surface area contributed by atoms with Gasteiger partial charge in [0.15, 0.2) is 0 Å². The van der Waals surface area contributed by atoms with Crippen LogP contribution >= 0.6 is 0 Å². The van der Waals surface area contributed by atoms with Crippen molar-refractivity contribution in [1.29, 1.82) is 0 Å². The quantitative estimate of drug-likeness (QED) is 0.563. The average Bonchev–Trinajstić information content (AvgIpc) is 2.19. The standard InChI is InChI=1S/C5H9O2.Zn/c1-2-5-6-3-4-7-5;/h5H,1-4H2;. The van der Waals surface area contributed by atoms with Gasteiger partial charge in [-0.1, -0.05) is 0 Å². The molecule has 1 fully saturated rings. The monoisotopic (exact) mass is 165 g/mol. The molecule has 0 aromatic heterocycles. The molecule has 0 aliphatic carbocycles. The molecular weight excluding hydrogens is 157 g/mol. The Morgan fingerprint density at radius 3 is 2.50 bits per heavy atom. The van der Waals surface area contributed by atoms with Gasteiger partial charge in [0.05, 0.1) is 0 Å². The number of hydrogen-bond donors (Lipinski definition) is 0. The summed E-state index contributed by atoms with van der Waals surface area (Å²) in [5.74, 6) is 0. The van der Waals surface area contributed by atoms with Crippen molar-refractivity contribution in [2.24, 2.45) is 0 Å². The molecule has 8 heavy (non-hydrogen) atoms. The Morgan fingerprint density at radius 2 is 2.00 bits per heavy atom. The van der Waals surface area contributed by atoms with E-state index in [-0.39, 0.29) is 6.29 Å². The second-order valence-electron chi connectivity index (χ2n) is 1.81. The second-order valence-corrected chi connectivity index (χ2v) is 3.30. The molecule has 1 heterocycles. The molecule has 0 saturated carbocycles. The van der Waals surface area contributed by atoms with E-state index < -0.39 is 0 Å². The Kier molecular flexibility index (Phi) is 2.95. The van der Waals surface area contributed by atoms with Crippen LogP contribution in [0.4, 0.5) is 0 Å². The summed E-state index contributed by atoms with van der Waals surface area (Å²) in [7, 11) is 0. The van der Waals surface area contributed by atoms with Gasteiger partial charge in [-0.15, -0.1) is 0 Å². The minimum absolute atomic E-state index is 0.142. The molecule has 0 aromatic carbocycles. The van der Waals surface area contributed by atoms with Crippen molar-refractivity contribution in [3.63, 3.8) is 0 Å². The van der Waals surface area contributed by atoms with Gasteiger partial charge in [0.1, 0.15) is 0 Å². The topological polar surface area (TPSA) is 18.5 Å². The van der Waals surface area contributed by atoms with Crippen molar-refractivity contribution in [3.05, 3.63) is 0 Å². The summed E-state index contributed by atoms with van der Waals surface area (Å²) in [6, 6.07) is 0. The number of ether oxygens (including phenoxy) is 2. The number of rotatable bonds is 2. The maximum atomic E-state index is 5.19. The molecule has 1 rings (SSSR count). The zero-order valence-electron chi connectivity index (χ0n) is 4.93. The third-order valence-corrected chi connectivity index (χ3v) is 1.99. The van der Waals surface area contributed by atoms with Gasteiger partial charge in [0.25, 0.3) is 0 Å². The Balaban J connectivity index is 2.06. The van der Waals surface area contributed by atoms with Crippen LogP contribution in [-0.2, 0) is 27.8 Å². The van der Waals surface area contributed by atoms with Gasteiger partial charge in [-0.3, -0.25) is 0 Å². The molecule has 0 spiro atoms. The first-order chi connectivity index (χ1) is 3.93. The summed E-state index contributed by atoms with van der Waals surface area (Å²) >= 11 is 1.35. The predicted molar refractivity (Wildman–Crippen MR) is 25.1 cm³/mol. The Morgan fingerprint density at radius 1 is 1.38 bits per heavy atom. The van der Waals surface area contributed by atoms with Gasteiger partial charge in [0, 0.05) is 0 Å². The third kappa shape index (κ3) is 1.81. The first-order valence-corrected chi connectivity index (χ1v) is 5.06. The zero-order chi connectivity index (χ0) is 5.82. The van der Waals surface area contributed by atoms with Crippen molar-refractivity contribution in [2.75, 3.05) is 13.2 Å². The molecule has 0 bridgehead atoms. The SMILES string of the molecule is [Zn][CH2]CC1OCCO1. The average molecular weight is 167 g/mol. The van der Waals surface area contributed by atoms with Crippen LogP contribution in [-0.4, -0.2) is 19.5 Å². The molecule has 0 amide bonds. The van der Waals surface area contributed by atoms with E-state index in [4.69, 9.17) is 9.47 Å². The molecular formula is C5H9O2Zn. The van der Waals surface area contributed by atoms with Gasteiger partial charge in [-0.05, 0) is 0 Å². The van der Waals surface area contributed by atoms with Gasteiger partial charge < -0.3 is 0 Å². The summed E-state index contributed by atoms with van der Waals surface area (Å²) in [6.45, 7) is 1.59. The molecule has 43 valence electrons. The van der Waals surface area contributed by atoms with E-state index >= 15 is 0 Å². The van der Waals surface area contributed by atoms with E-state index in [2.05, 4.69) is 0 Å². The van der Waals surface area contributed by atoms with E-state index in [1.165, 1.54) is 23.3 Å². The molecule has 2 nitrogen and oxygen atoms in total. The van der Waals surface area contributed by atoms with Crippen LogP contribution in [0.2, 0.25) is 5.02 Å². The van der Waals surface area contributed by atoms with Crippen molar-refractivity contribution in [2.45, 2.75) is 17.7 Å². The van der Waals surface area contributed by atoms with E-state index in [1.807, 2.05) is 0 Å². The Hall–Kier alpha value is 0.543. The van der Waals surface area contributed by atoms with Crippen LogP contribution in [0.3, 0.4) is 0 Å². The van der Waals surface area contributed by atoms with Crippen LogP contribution in [0.25, 0.3) is 0 Å². The third-order valence-electron chi connectivity index (χ3n) is 1.13. The van der Waals surface area contributed by atoms with E-state index in [9.17, 15) is 0 Å². The fourth-order valence-electron chi connectivity index (χ4n) is 0.741. The molecule has 0 atom stereocenters. The molecule has 0 N–H and O–H groups in total. The second kappa shape index (κ2) is 3.55. The Bertz CT molecular complexity index is 61.4. The van der Waals surface area contributed by atoms with E-state index in [0.29, 0.717) is 0 Å². The van der Waals surface area contributed by atoms with Crippen LogP contribution in [0.5, 0.6) is 0 Å². The van der Waals surface area contributed by atoms with Gasteiger partial charge in [-0.2, -0.15) is 0 Å². The molecule has 3 heteroatoms. The van der Waals surface area contributed by atoms with Crippen molar-refractivity contribution >= 4 is 0 Å². The van der Waals surface area contributed by atoms with Crippen molar-refractivity contribution in [3.8, 4) is 0 Å².